The third kappa shape index (κ3) is 4.42. The smallest absolute Gasteiger partial charge is 0.242 e. The van der Waals surface area contributed by atoms with Crippen LogP contribution in [-0.2, 0) is 16.1 Å². The van der Waals surface area contributed by atoms with Crippen molar-refractivity contribution >= 4 is 28.4 Å². The second kappa shape index (κ2) is 9.34. The van der Waals surface area contributed by atoms with E-state index in [0.29, 0.717) is 44.3 Å². The summed E-state index contributed by atoms with van der Waals surface area (Å²) in [6, 6.07) is 13.3. The second-order valence-corrected chi connectivity index (χ2v) is 7.90. The van der Waals surface area contributed by atoms with Crippen LogP contribution >= 0.6 is 0 Å². The fraction of sp³-hybridized carbons (Fsp3) is 0.360. The van der Waals surface area contributed by atoms with E-state index in [0.717, 1.165) is 22.2 Å². The van der Waals surface area contributed by atoms with Crippen LogP contribution in [0.25, 0.3) is 10.9 Å². The maximum atomic E-state index is 12.9. The number of aromatic nitrogens is 1. The molecule has 0 spiro atoms. The molecule has 2 amide bonds. The highest BCUT2D eigenvalue weighted by molar-refractivity contribution is 5.97. The molecule has 1 atom stereocenters. The van der Waals surface area contributed by atoms with Crippen molar-refractivity contribution in [3.8, 4) is 11.5 Å². The van der Waals surface area contributed by atoms with E-state index in [2.05, 4.69) is 5.32 Å². The first-order valence-corrected chi connectivity index (χ1v) is 11.1. The average molecular weight is 436 g/mol. The van der Waals surface area contributed by atoms with Crippen LogP contribution in [0.3, 0.4) is 0 Å². The number of hydrogen-bond acceptors (Lipinski definition) is 4. The molecule has 0 fully saturated rings. The van der Waals surface area contributed by atoms with Gasteiger partial charge in [0.05, 0.1) is 5.92 Å². The summed E-state index contributed by atoms with van der Waals surface area (Å²) >= 11 is 0. The van der Waals surface area contributed by atoms with Crippen LogP contribution in [0, 0.1) is 0 Å². The van der Waals surface area contributed by atoms with Crippen LogP contribution in [-0.4, -0.2) is 47.6 Å². The lowest BCUT2D eigenvalue weighted by atomic mass is 9.99. The molecule has 0 aliphatic carbocycles. The molecule has 168 valence electrons. The predicted molar refractivity (Wildman–Crippen MR) is 124 cm³/mol. The number of rotatable bonds is 7. The normalized spacial score (nSPS) is 13.6. The van der Waals surface area contributed by atoms with E-state index in [9.17, 15) is 9.59 Å². The fourth-order valence-corrected chi connectivity index (χ4v) is 3.97. The number of nitrogens with one attached hydrogen (secondary N) is 1. The molecule has 1 aromatic heterocycles. The molecule has 4 rings (SSSR count). The zero-order valence-electron chi connectivity index (χ0n) is 18.8. The zero-order chi connectivity index (χ0) is 22.7. The number of anilines is 1. The standard InChI is InChI=1S/C25H29N3O4/c1-4-27(5-2)24(29)16-28-11-10-19-14-20(7-8-21(19)28)26-25(30)17(3)18-6-9-22-23(15-18)32-13-12-31-22/h6-11,14-15,17H,4-5,12-13,16H2,1-3H3,(H,26,30). The molecule has 1 aliphatic heterocycles. The summed E-state index contributed by atoms with van der Waals surface area (Å²) in [6.45, 7) is 8.59. The Morgan fingerprint density at radius 2 is 1.78 bits per heavy atom. The molecule has 0 saturated carbocycles. The summed E-state index contributed by atoms with van der Waals surface area (Å²) in [7, 11) is 0. The van der Waals surface area contributed by atoms with Gasteiger partial charge in [-0.3, -0.25) is 9.59 Å². The largest absolute Gasteiger partial charge is 0.486 e. The van der Waals surface area contributed by atoms with Crippen molar-refractivity contribution in [2.45, 2.75) is 33.2 Å². The molecular weight excluding hydrogens is 406 g/mol. The number of ether oxygens (including phenoxy) is 2. The Morgan fingerprint density at radius 3 is 2.53 bits per heavy atom. The van der Waals surface area contributed by atoms with E-state index >= 15 is 0 Å². The minimum absolute atomic E-state index is 0.0955. The van der Waals surface area contributed by atoms with Gasteiger partial charge < -0.3 is 24.3 Å². The molecule has 0 bridgehead atoms. The predicted octanol–water partition coefficient (Wildman–Crippen LogP) is 4.02. The number of carbonyl (C=O) groups excluding carboxylic acids is 2. The van der Waals surface area contributed by atoms with E-state index in [1.807, 2.05) is 78.9 Å². The number of hydrogen-bond donors (Lipinski definition) is 1. The van der Waals surface area contributed by atoms with Crippen LogP contribution in [0.15, 0.2) is 48.7 Å². The minimum Gasteiger partial charge on any atom is -0.486 e. The number of likely N-dealkylation sites (N-methyl/N-ethyl adjacent to an activating group) is 1. The monoisotopic (exact) mass is 435 g/mol. The van der Waals surface area contributed by atoms with E-state index in [-0.39, 0.29) is 17.7 Å². The van der Waals surface area contributed by atoms with Gasteiger partial charge in [0.25, 0.3) is 0 Å². The number of carbonyl (C=O) groups is 2. The summed E-state index contributed by atoms with van der Waals surface area (Å²) in [5.41, 5.74) is 2.55. The van der Waals surface area contributed by atoms with Gasteiger partial charge in [-0.1, -0.05) is 6.07 Å². The summed E-state index contributed by atoms with van der Waals surface area (Å²) in [5.74, 6) is 1.03. The third-order valence-electron chi connectivity index (χ3n) is 5.92. The molecule has 7 heteroatoms. The van der Waals surface area contributed by atoms with Crippen molar-refractivity contribution in [3.63, 3.8) is 0 Å². The molecule has 2 aromatic carbocycles. The van der Waals surface area contributed by atoms with Crippen molar-refractivity contribution in [2.75, 3.05) is 31.6 Å². The van der Waals surface area contributed by atoms with E-state index in [4.69, 9.17) is 9.47 Å². The van der Waals surface area contributed by atoms with Gasteiger partial charge in [-0.2, -0.15) is 0 Å². The Hall–Kier alpha value is -3.48. The minimum atomic E-state index is -0.349. The zero-order valence-corrected chi connectivity index (χ0v) is 18.8. The molecule has 32 heavy (non-hydrogen) atoms. The molecular formula is C25H29N3O4. The summed E-state index contributed by atoms with van der Waals surface area (Å²) in [5, 5.41) is 3.98. The SMILES string of the molecule is CCN(CC)C(=O)Cn1ccc2cc(NC(=O)C(C)c3ccc4c(c3)OCCO4)ccc21. The fourth-order valence-electron chi connectivity index (χ4n) is 3.97. The highest BCUT2D eigenvalue weighted by Gasteiger charge is 2.20. The Bertz CT molecular complexity index is 1130. The summed E-state index contributed by atoms with van der Waals surface area (Å²) < 4.78 is 13.1. The Morgan fingerprint density at radius 1 is 1.03 bits per heavy atom. The lowest BCUT2D eigenvalue weighted by molar-refractivity contribution is -0.131. The van der Waals surface area contributed by atoms with Crippen molar-refractivity contribution < 1.29 is 19.1 Å². The Labute approximate surface area is 187 Å². The quantitative estimate of drug-likeness (QED) is 0.608. The van der Waals surface area contributed by atoms with Crippen LogP contribution in [0.2, 0.25) is 0 Å². The van der Waals surface area contributed by atoms with Crippen molar-refractivity contribution in [1.29, 1.82) is 0 Å². The number of nitrogens with zero attached hydrogens (tertiary/aromatic N) is 2. The van der Waals surface area contributed by atoms with Gasteiger partial charge in [0, 0.05) is 35.9 Å². The van der Waals surface area contributed by atoms with Crippen molar-refractivity contribution in [2.24, 2.45) is 0 Å². The first-order valence-electron chi connectivity index (χ1n) is 11.1. The van der Waals surface area contributed by atoms with Crippen LogP contribution in [0.4, 0.5) is 5.69 Å². The van der Waals surface area contributed by atoms with Gasteiger partial charge in [0.1, 0.15) is 19.8 Å². The van der Waals surface area contributed by atoms with Gasteiger partial charge in [-0.05, 0) is 62.7 Å². The summed E-state index contributed by atoms with van der Waals surface area (Å²) in [6.07, 6.45) is 1.91. The first-order chi connectivity index (χ1) is 15.5. The molecule has 1 aliphatic rings. The highest BCUT2D eigenvalue weighted by Crippen LogP contribution is 2.33. The van der Waals surface area contributed by atoms with Crippen LogP contribution < -0.4 is 14.8 Å². The maximum absolute atomic E-state index is 12.9. The highest BCUT2D eigenvalue weighted by atomic mass is 16.6. The first kappa shape index (κ1) is 21.7. The van der Waals surface area contributed by atoms with Gasteiger partial charge in [-0.25, -0.2) is 0 Å². The Balaban J connectivity index is 1.46. The molecule has 1 unspecified atom stereocenters. The molecule has 7 nitrogen and oxygen atoms in total. The number of benzene rings is 2. The van der Waals surface area contributed by atoms with Gasteiger partial charge >= 0.3 is 0 Å². The molecule has 3 aromatic rings. The number of amides is 2. The number of fused-ring (bicyclic) bond motifs is 2. The summed E-state index contributed by atoms with van der Waals surface area (Å²) in [4.78, 5) is 27.1. The van der Waals surface area contributed by atoms with Gasteiger partial charge in [0.15, 0.2) is 11.5 Å². The average Bonchev–Trinajstić information content (AvgIpc) is 3.20. The van der Waals surface area contributed by atoms with Gasteiger partial charge in [0.2, 0.25) is 11.8 Å². The molecule has 2 heterocycles. The molecule has 1 N–H and O–H groups in total. The maximum Gasteiger partial charge on any atom is 0.242 e. The van der Waals surface area contributed by atoms with Crippen LogP contribution in [0.5, 0.6) is 11.5 Å². The van der Waals surface area contributed by atoms with E-state index in [1.165, 1.54) is 0 Å². The Kier molecular flexibility index (Phi) is 6.35. The lowest BCUT2D eigenvalue weighted by Crippen LogP contribution is -2.33. The van der Waals surface area contributed by atoms with Crippen molar-refractivity contribution in [1.82, 2.24) is 9.47 Å². The second-order valence-electron chi connectivity index (χ2n) is 7.90. The third-order valence-corrected chi connectivity index (χ3v) is 5.92. The topological polar surface area (TPSA) is 72.8 Å². The van der Waals surface area contributed by atoms with Crippen LogP contribution in [0.1, 0.15) is 32.3 Å². The molecule has 0 saturated heterocycles. The lowest BCUT2D eigenvalue weighted by Gasteiger charge is -2.20. The van der Waals surface area contributed by atoms with E-state index in [1.54, 1.807) is 0 Å². The van der Waals surface area contributed by atoms with Crippen molar-refractivity contribution in [3.05, 3.63) is 54.2 Å². The molecule has 0 radical (unpaired) electrons. The van der Waals surface area contributed by atoms with Gasteiger partial charge in [-0.15, -0.1) is 0 Å². The van der Waals surface area contributed by atoms with E-state index < -0.39 is 0 Å².